The van der Waals surface area contributed by atoms with E-state index in [1.165, 1.54) is 4.40 Å². The summed E-state index contributed by atoms with van der Waals surface area (Å²) in [5, 5.41) is 3.27. The molecule has 5 rings (SSSR count). The van der Waals surface area contributed by atoms with Crippen molar-refractivity contribution in [2.24, 2.45) is 7.05 Å². The molecular formula is C22H20N4O4. The third-order valence-corrected chi connectivity index (χ3v) is 5.24. The third-order valence-electron chi connectivity index (χ3n) is 5.24. The summed E-state index contributed by atoms with van der Waals surface area (Å²) >= 11 is 0. The molecular weight excluding hydrogens is 384 g/mol. The number of hydrogen-bond donors (Lipinski definition) is 1. The van der Waals surface area contributed by atoms with Gasteiger partial charge in [-0.25, -0.2) is 4.98 Å². The van der Waals surface area contributed by atoms with Crippen molar-refractivity contribution in [1.82, 2.24) is 19.3 Å². The van der Waals surface area contributed by atoms with Crippen LogP contribution in [0.3, 0.4) is 0 Å². The first-order valence-corrected chi connectivity index (χ1v) is 9.66. The van der Waals surface area contributed by atoms with Gasteiger partial charge in [0.2, 0.25) is 0 Å². The highest BCUT2D eigenvalue weighted by atomic mass is 16.6. The van der Waals surface area contributed by atoms with E-state index in [4.69, 9.17) is 9.47 Å². The van der Waals surface area contributed by atoms with Crippen molar-refractivity contribution in [3.8, 4) is 11.5 Å². The van der Waals surface area contributed by atoms with Crippen LogP contribution in [0, 0.1) is 6.92 Å². The fraction of sp³-hybridized carbons (Fsp3) is 0.227. The molecule has 152 valence electrons. The van der Waals surface area contributed by atoms with Crippen LogP contribution in [0.4, 0.5) is 0 Å². The van der Waals surface area contributed by atoms with Crippen LogP contribution in [0.25, 0.3) is 16.7 Å². The molecule has 0 fully saturated rings. The molecule has 30 heavy (non-hydrogen) atoms. The first-order chi connectivity index (χ1) is 14.5. The lowest BCUT2D eigenvalue weighted by atomic mass is 10.2. The van der Waals surface area contributed by atoms with Crippen LogP contribution in [0.1, 0.15) is 16.1 Å². The van der Waals surface area contributed by atoms with Crippen LogP contribution in [0.2, 0.25) is 0 Å². The lowest BCUT2D eigenvalue weighted by Gasteiger charge is -2.26. The average molecular weight is 404 g/mol. The number of fused-ring (bicyclic) bond motifs is 3. The fourth-order valence-electron chi connectivity index (χ4n) is 3.66. The van der Waals surface area contributed by atoms with Gasteiger partial charge in [-0.2, -0.15) is 0 Å². The van der Waals surface area contributed by atoms with Crippen LogP contribution in [-0.2, 0) is 7.05 Å². The minimum absolute atomic E-state index is 0.200. The predicted octanol–water partition coefficient (Wildman–Crippen LogP) is 2.06. The van der Waals surface area contributed by atoms with Crippen LogP contribution in [-0.4, -0.2) is 39.1 Å². The summed E-state index contributed by atoms with van der Waals surface area (Å²) in [6.07, 6.45) is 1.45. The van der Waals surface area contributed by atoms with Gasteiger partial charge in [0.15, 0.2) is 11.5 Å². The van der Waals surface area contributed by atoms with Gasteiger partial charge in [-0.15, -0.1) is 0 Å². The monoisotopic (exact) mass is 404 g/mol. The van der Waals surface area contributed by atoms with Crippen molar-refractivity contribution in [1.29, 1.82) is 0 Å². The Balaban J connectivity index is 1.40. The van der Waals surface area contributed by atoms with Gasteiger partial charge in [-0.3, -0.25) is 14.0 Å². The van der Waals surface area contributed by atoms with E-state index in [-0.39, 0.29) is 24.1 Å². The molecule has 0 saturated heterocycles. The summed E-state index contributed by atoms with van der Waals surface area (Å²) in [5.41, 5.74) is 2.13. The van der Waals surface area contributed by atoms with Gasteiger partial charge in [-0.05, 0) is 36.8 Å². The number of amides is 1. The van der Waals surface area contributed by atoms with Crippen molar-refractivity contribution in [3.63, 3.8) is 0 Å². The molecule has 0 radical (unpaired) electrons. The van der Waals surface area contributed by atoms with Gasteiger partial charge < -0.3 is 19.4 Å². The smallest absolute Gasteiger partial charge is 0.268 e. The lowest BCUT2D eigenvalue weighted by Crippen LogP contribution is -2.41. The van der Waals surface area contributed by atoms with E-state index in [1.54, 1.807) is 29.9 Å². The number of hydrogen-bond acceptors (Lipinski definition) is 5. The van der Waals surface area contributed by atoms with E-state index in [9.17, 15) is 9.59 Å². The number of rotatable bonds is 3. The Hall–Kier alpha value is -3.81. The molecule has 1 unspecified atom stereocenters. The summed E-state index contributed by atoms with van der Waals surface area (Å²) in [6, 6.07) is 12.7. The van der Waals surface area contributed by atoms with Gasteiger partial charge in [0.05, 0.1) is 11.9 Å². The minimum atomic E-state index is -0.303. The Bertz CT molecular complexity index is 1350. The Morgan fingerprint density at radius 1 is 1.23 bits per heavy atom. The number of nitrogens with zero attached hydrogens (tertiary/aromatic N) is 3. The molecule has 1 N–H and O–H groups in total. The molecule has 8 heteroatoms. The van der Waals surface area contributed by atoms with Gasteiger partial charge in [-0.1, -0.05) is 18.2 Å². The third kappa shape index (κ3) is 2.97. The lowest BCUT2D eigenvalue weighted by molar-refractivity contribution is 0.0785. The highest BCUT2D eigenvalue weighted by molar-refractivity contribution is 5.98. The Kier molecular flexibility index (Phi) is 4.20. The average Bonchev–Trinajstić information content (AvgIpc) is 3.09. The summed E-state index contributed by atoms with van der Waals surface area (Å²) in [6.45, 7) is 2.54. The van der Waals surface area contributed by atoms with Crippen molar-refractivity contribution >= 4 is 22.6 Å². The van der Waals surface area contributed by atoms with E-state index in [0.29, 0.717) is 40.5 Å². The highest BCUT2D eigenvalue weighted by Gasteiger charge is 2.23. The molecule has 1 aliphatic rings. The molecule has 4 heterocycles. The molecule has 0 bridgehead atoms. The van der Waals surface area contributed by atoms with Crippen LogP contribution in [0.5, 0.6) is 11.5 Å². The van der Waals surface area contributed by atoms with E-state index in [0.717, 1.165) is 5.56 Å². The first kappa shape index (κ1) is 18.2. The number of para-hydroxylation sites is 2. The summed E-state index contributed by atoms with van der Waals surface area (Å²) in [4.78, 5) is 30.3. The van der Waals surface area contributed by atoms with E-state index in [1.807, 2.05) is 37.3 Å². The van der Waals surface area contributed by atoms with Gasteiger partial charge in [0, 0.05) is 13.2 Å². The van der Waals surface area contributed by atoms with Crippen molar-refractivity contribution in [2.45, 2.75) is 13.0 Å². The Labute approximate surface area is 171 Å². The van der Waals surface area contributed by atoms with Gasteiger partial charge >= 0.3 is 0 Å². The van der Waals surface area contributed by atoms with Crippen LogP contribution < -0.4 is 20.3 Å². The number of aromatic nitrogens is 3. The molecule has 0 saturated carbocycles. The number of carbonyl (C=O) groups excluding carboxylic acids is 1. The zero-order chi connectivity index (χ0) is 20.8. The summed E-state index contributed by atoms with van der Waals surface area (Å²) in [5.74, 6) is 1.05. The number of pyridine rings is 1. The van der Waals surface area contributed by atoms with Crippen molar-refractivity contribution in [2.75, 3.05) is 13.2 Å². The molecule has 1 atom stereocenters. The quantitative estimate of drug-likeness (QED) is 0.565. The molecule has 0 aliphatic carbocycles. The topological polar surface area (TPSA) is 86.9 Å². The van der Waals surface area contributed by atoms with Gasteiger partial charge in [0.25, 0.3) is 11.5 Å². The second-order valence-electron chi connectivity index (χ2n) is 7.39. The van der Waals surface area contributed by atoms with E-state index < -0.39 is 0 Å². The molecule has 1 aromatic carbocycles. The summed E-state index contributed by atoms with van der Waals surface area (Å²) in [7, 11) is 1.73. The number of carbonyl (C=O) groups is 1. The minimum Gasteiger partial charge on any atom is -0.486 e. The second-order valence-corrected chi connectivity index (χ2v) is 7.39. The fourth-order valence-corrected chi connectivity index (χ4v) is 3.66. The molecule has 3 aromatic heterocycles. The van der Waals surface area contributed by atoms with Crippen molar-refractivity contribution < 1.29 is 14.3 Å². The molecule has 4 aromatic rings. The predicted molar refractivity (Wildman–Crippen MR) is 111 cm³/mol. The number of benzene rings is 1. The summed E-state index contributed by atoms with van der Waals surface area (Å²) < 4.78 is 14.7. The second kappa shape index (κ2) is 6.91. The molecule has 8 nitrogen and oxygen atoms in total. The standard InChI is InChI=1S/C22H20N4O4/c1-13-7-8-19-24-20-15(22(28)26(19)11-13)9-16(25(20)2)21(27)23-10-14-12-29-17-5-3-4-6-18(17)30-14/h3-9,11,14H,10,12H2,1-2H3,(H,23,27). The maximum atomic E-state index is 12.9. The SMILES string of the molecule is Cc1ccc2nc3c(cc(C(=O)NCC4COc5ccccc5O4)n3C)c(=O)n2c1. The highest BCUT2D eigenvalue weighted by Crippen LogP contribution is 2.30. The molecule has 1 amide bonds. The normalized spacial score (nSPS) is 15.5. The number of aryl methyl sites for hydroxylation is 2. The molecule has 1 aliphatic heterocycles. The Morgan fingerprint density at radius 2 is 2.03 bits per heavy atom. The van der Waals surface area contributed by atoms with Crippen molar-refractivity contribution in [3.05, 3.63) is 70.3 Å². The Morgan fingerprint density at radius 3 is 2.87 bits per heavy atom. The number of nitrogens with one attached hydrogen (secondary N) is 1. The molecule has 0 spiro atoms. The van der Waals surface area contributed by atoms with Gasteiger partial charge in [0.1, 0.15) is 29.7 Å². The van der Waals surface area contributed by atoms with Crippen LogP contribution >= 0.6 is 0 Å². The van der Waals surface area contributed by atoms with E-state index in [2.05, 4.69) is 10.3 Å². The van der Waals surface area contributed by atoms with E-state index >= 15 is 0 Å². The first-order valence-electron chi connectivity index (χ1n) is 9.66. The maximum Gasteiger partial charge on any atom is 0.268 e. The maximum absolute atomic E-state index is 12.9. The zero-order valence-corrected chi connectivity index (χ0v) is 16.6. The largest absolute Gasteiger partial charge is 0.486 e. The van der Waals surface area contributed by atoms with Crippen LogP contribution in [0.15, 0.2) is 53.5 Å². The number of ether oxygens (including phenoxy) is 2. The zero-order valence-electron chi connectivity index (χ0n) is 16.6.